The zero-order valence-corrected chi connectivity index (χ0v) is 25.2. The van der Waals surface area contributed by atoms with Crippen LogP contribution in [0.4, 0.5) is 5.69 Å². The van der Waals surface area contributed by atoms with Crippen molar-refractivity contribution in [2.24, 2.45) is 5.92 Å². The van der Waals surface area contributed by atoms with E-state index in [2.05, 4.69) is 5.43 Å². The summed E-state index contributed by atoms with van der Waals surface area (Å²) >= 11 is 12.9. The Labute approximate surface area is 246 Å². The molecule has 1 fully saturated rings. The molecular formula is C28H36Cl2N4O5S. The van der Waals surface area contributed by atoms with E-state index < -0.39 is 27.6 Å². The maximum atomic E-state index is 14.0. The van der Waals surface area contributed by atoms with E-state index in [9.17, 15) is 22.9 Å². The van der Waals surface area contributed by atoms with Gasteiger partial charge in [-0.1, -0.05) is 49.5 Å². The molecule has 0 radical (unpaired) electrons. The maximum Gasteiger partial charge on any atom is 0.286 e. The molecule has 0 spiro atoms. The van der Waals surface area contributed by atoms with E-state index in [0.717, 1.165) is 19.3 Å². The van der Waals surface area contributed by atoms with E-state index in [4.69, 9.17) is 23.2 Å². The summed E-state index contributed by atoms with van der Waals surface area (Å²) in [6.07, 6.45) is 2.60. The molecule has 12 heteroatoms. The van der Waals surface area contributed by atoms with Gasteiger partial charge < -0.3 is 14.9 Å². The Morgan fingerprint density at radius 2 is 1.70 bits per heavy atom. The Kier molecular flexibility index (Phi) is 9.57. The Morgan fingerprint density at radius 3 is 2.27 bits per heavy atom. The quantitative estimate of drug-likeness (QED) is 0.300. The lowest BCUT2D eigenvalue weighted by Crippen LogP contribution is -2.50. The summed E-state index contributed by atoms with van der Waals surface area (Å²) in [6.45, 7) is 7.03. The molecule has 2 aliphatic heterocycles. The summed E-state index contributed by atoms with van der Waals surface area (Å²) in [6, 6.07) is 11.3. The average molecular weight is 612 g/mol. The molecule has 3 N–H and O–H groups in total. The highest BCUT2D eigenvalue weighted by Gasteiger charge is 2.48. The Balaban J connectivity index is 1.93. The molecule has 1 saturated heterocycles. The highest BCUT2D eigenvalue weighted by Crippen LogP contribution is 2.47. The Bertz CT molecular complexity index is 1360. The lowest BCUT2D eigenvalue weighted by molar-refractivity contribution is -0.124. The zero-order chi connectivity index (χ0) is 29.2. The highest BCUT2D eigenvalue weighted by molar-refractivity contribution is 7.86. The van der Waals surface area contributed by atoms with Crippen molar-refractivity contribution in [1.82, 2.24) is 15.3 Å². The fourth-order valence-corrected chi connectivity index (χ4v) is 6.82. The molecule has 9 nitrogen and oxygen atoms in total. The SMILES string of the molecule is CC1=C(C(=O)NN2CCCCC2)N(C(CCC(C)C)S(=O)(=O)O)C(c2ccc(Cl)cc2Cl)N1c1ccc(O)cc1. The van der Waals surface area contributed by atoms with Crippen LogP contribution in [0.1, 0.15) is 64.6 Å². The third kappa shape index (κ3) is 6.69. The molecule has 0 aliphatic carbocycles. The van der Waals surface area contributed by atoms with Gasteiger partial charge in [-0.15, -0.1) is 0 Å². The molecule has 1 amide bonds. The van der Waals surface area contributed by atoms with Gasteiger partial charge in [-0.3, -0.25) is 14.8 Å². The van der Waals surface area contributed by atoms with Crippen LogP contribution in [0.3, 0.4) is 0 Å². The summed E-state index contributed by atoms with van der Waals surface area (Å²) in [7, 11) is -4.68. The van der Waals surface area contributed by atoms with Crippen molar-refractivity contribution in [2.75, 3.05) is 18.0 Å². The Morgan fingerprint density at radius 1 is 1.05 bits per heavy atom. The molecular weight excluding hydrogens is 575 g/mol. The van der Waals surface area contributed by atoms with Gasteiger partial charge in [0.1, 0.15) is 17.6 Å². The van der Waals surface area contributed by atoms with Crippen molar-refractivity contribution in [3.63, 3.8) is 0 Å². The van der Waals surface area contributed by atoms with E-state index in [1.807, 2.05) is 18.9 Å². The first-order valence-electron chi connectivity index (χ1n) is 13.4. The molecule has 40 heavy (non-hydrogen) atoms. The predicted molar refractivity (Wildman–Crippen MR) is 157 cm³/mol. The first-order valence-corrected chi connectivity index (χ1v) is 15.7. The van der Waals surface area contributed by atoms with E-state index in [0.29, 0.717) is 41.5 Å². The minimum Gasteiger partial charge on any atom is -0.508 e. The van der Waals surface area contributed by atoms with Gasteiger partial charge in [0.15, 0.2) is 5.37 Å². The third-order valence-electron chi connectivity index (χ3n) is 7.31. The van der Waals surface area contributed by atoms with Gasteiger partial charge >= 0.3 is 0 Å². The van der Waals surface area contributed by atoms with Gasteiger partial charge in [0.25, 0.3) is 16.0 Å². The number of allylic oxidation sites excluding steroid dienone is 1. The molecule has 0 saturated carbocycles. The number of hydrogen-bond donors (Lipinski definition) is 3. The number of piperidine rings is 1. The fraction of sp³-hybridized carbons (Fsp3) is 0.464. The minimum absolute atomic E-state index is 0.0540. The van der Waals surface area contributed by atoms with Crippen molar-refractivity contribution in [2.45, 2.75) is 64.4 Å². The molecule has 2 unspecified atom stereocenters. The van der Waals surface area contributed by atoms with Crippen molar-refractivity contribution in [3.8, 4) is 5.75 Å². The summed E-state index contributed by atoms with van der Waals surface area (Å²) in [5.74, 6) is -0.277. The molecule has 0 bridgehead atoms. The Hall–Kier alpha value is -2.50. The number of carbonyl (C=O) groups excluding carboxylic acids is 1. The minimum atomic E-state index is -4.68. The molecule has 2 atom stereocenters. The summed E-state index contributed by atoms with van der Waals surface area (Å²) in [5.41, 5.74) is 4.64. The van der Waals surface area contributed by atoms with Crippen LogP contribution >= 0.6 is 23.2 Å². The highest BCUT2D eigenvalue weighted by atomic mass is 35.5. The van der Waals surface area contributed by atoms with Crippen LogP contribution in [0, 0.1) is 5.92 Å². The van der Waals surface area contributed by atoms with E-state index in [1.54, 1.807) is 42.2 Å². The number of rotatable bonds is 9. The second-order valence-electron chi connectivity index (χ2n) is 10.7. The fourth-order valence-electron chi connectivity index (χ4n) is 5.37. The summed E-state index contributed by atoms with van der Waals surface area (Å²) in [5, 5.41) is 11.0. The standard InChI is InChI=1S/C28H36Cl2N4O5S/c1-18(2)7-14-25(40(37,38)39)34-26(27(36)31-32-15-5-4-6-16-32)19(3)33(21-9-11-22(35)12-10-21)28(34)23-13-8-20(29)17-24(23)30/h8-13,17-18,25,28,35H,4-7,14-16H2,1-3H3,(H,31,36)(H,37,38,39). The lowest BCUT2D eigenvalue weighted by Gasteiger charge is -2.39. The van der Waals surface area contributed by atoms with Gasteiger partial charge in [0.05, 0.1) is 0 Å². The van der Waals surface area contributed by atoms with Crippen molar-refractivity contribution in [3.05, 3.63) is 69.5 Å². The monoisotopic (exact) mass is 610 g/mol. The first kappa shape index (κ1) is 30.5. The number of anilines is 1. The zero-order valence-electron chi connectivity index (χ0n) is 22.8. The molecule has 2 aliphatic rings. The second kappa shape index (κ2) is 12.6. The van der Waals surface area contributed by atoms with E-state index in [1.165, 1.54) is 17.0 Å². The van der Waals surface area contributed by atoms with Gasteiger partial charge in [-0.2, -0.15) is 8.42 Å². The molecule has 218 valence electrons. The van der Waals surface area contributed by atoms with Crippen LogP contribution in [-0.4, -0.2) is 52.4 Å². The molecule has 0 aromatic heterocycles. The molecule has 2 aromatic carbocycles. The maximum absolute atomic E-state index is 14.0. The number of nitrogens with zero attached hydrogens (tertiary/aromatic N) is 3. The average Bonchev–Trinajstić information content (AvgIpc) is 3.16. The van der Waals surface area contributed by atoms with Crippen LogP contribution in [0.2, 0.25) is 10.0 Å². The normalized spacial score (nSPS) is 19.4. The largest absolute Gasteiger partial charge is 0.508 e. The van der Waals surface area contributed by atoms with Crippen molar-refractivity contribution in [1.29, 1.82) is 0 Å². The predicted octanol–water partition coefficient (Wildman–Crippen LogP) is 5.92. The lowest BCUT2D eigenvalue weighted by atomic mass is 10.1. The number of halogens is 2. The van der Waals surface area contributed by atoms with Crippen LogP contribution in [-0.2, 0) is 14.9 Å². The van der Waals surface area contributed by atoms with E-state index >= 15 is 0 Å². The number of amides is 1. The number of benzene rings is 2. The van der Waals surface area contributed by atoms with Crippen molar-refractivity contribution >= 4 is 44.9 Å². The number of phenolic OH excluding ortho intramolecular Hbond substituents is 1. The van der Waals surface area contributed by atoms with Gasteiger partial charge in [-0.25, -0.2) is 5.01 Å². The summed E-state index contributed by atoms with van der Waals surface area (Å²) in [4.78, 5) is 17.3. The number of carbonyl (C=O) groups is 1. The van der Waals surface area contributed by atoms with Crippen LogP contribution in [0.15, 0.2) is 53.9 Å². The van der Waals surface area contributed by atoms with Crippen LogP contribution < -0.4 is 10.3 Å². The number of hydrogen-bond acceptors (Lipinski definition) is 7. The van der Waals surface area contributed by atoms with Gasteiger partial charge in [0.2, 0.25) is 0 Å². The van der Waals surface area contributed by atoms with Crippen LogP contribution in [0.5, 0.6) is 5.75 Å². The van der Waals surface area contributed by atoms with Crippen molar-refractivity contribution < 1.29 is 22.9 Å². The van der Waals surface area contributed by atoms with E-state index in [-0.39, 0.29) is 28.8 Å². The topological polar surface area (TPSA) is 113 Å². The van der Waals surface area contributed by atoms with Gasteiger partial charge in [-0.05, 0) is 74.9 Å². The van der Waals surface area contributed by atoms with Gasteiger partial charge in [0, 0.05) is 40.1 Å². The second-order valence-corrected chi connectivity index (χ2v) is 13.1. The first-order chi connectivity index (χ1) is 18.9. The number of phenols is 1. The third-order valence-corrected chi connectivity index (χ3v) is 9.03. The summed E-state index contributed by atoms with van der Waals surface area (Å²) < 4.78 is 36.7. The molecule has 4 rings (SSSR count). The number of hydrazine groups is 1. The number of aromatic hydroxyl groups is 1. The number of nitrogens with one attached hydrogen (secondary N) is 1. The molecule has 2 heterocycles. The molecule has 2 aromatic rings. The van der Waals surface area contributed by atoms with Crippen LogP contribution in [0.25, 0.3) is 0 Å². The smallest absolute Gasteiger partial charge is 0.286 e.